The van der Waals surface area contributed by atoms with E-state index in [1.807, 2.05) is 31.2 Å². The zero-order valence-corrected chi connectivity index (χ0v) is 18.2. The van der Waals surface area contributed by atoms with Gasteiger partial charge in [0.2, 0.25) is 0 Å². The van der Waals surface area contributed by atoms with E-state index in [1.54, 1.807) is 26.2 Å². The first-order chi connectivity index (χ1) is 12.5. The predicted octanol–water partition coefficient (Wildman–Crippen LogP) is 3.55. The zero-order valence-electron chi connectivity index (χ0n) is 15.8. The number of aryl methyl sites for hydroxylation is 1. The molecule has 7 heteroatoms. The van der Waals surface area contributed by atoms with Gasteiger partial charge < -0.3 is 20.5 Å². The average Bonchev–Trinajstić information content (AvgIpc) is 2.66. The molecule has 0 aliphatic rings. The highest BCUT2D eigenvalue weighted by Crippen LogP contribution is 2.17. The molecule has 2 rings (SSSR count). The zero-order chi connectivity index (χ0) is 18.9. The molecule has 0 spiro atoms. The number of halogens is 2. The fourth-order valence-electron chi connectivity index (χ4n) is 2.45. The molecule has 0 aliphatic carbocycles. The third kappa shape index (κ3) is 7.34. The van der Waals surface area contributed by atoms with Crippen LogP contribution in [0.2, 0.25) is 0 Å². The van der Waals surface area contributed by atoms with Crippen LogP contribution in [-0.4, -0.2) is 31.3 Å². The first-order valence-electron chi connectivity index (χ1n) is 8.62. The number of guanidine groups is 1. The Morgan fingerprint density at radius 3 is 2.48 bits per heavy atom. The van der Waals surface area contributed by atoms with Gasteiger partial charge in [-0.25, -0.2) is 9.38 Å². The van der Waals surface area contributed by atoms with Crippen LogP contribution in [0.3, 0.4) is 0 Å². The fourth-order valence-corrected chi connectivity index (χ4v) is 2.45. The summed E-state index contributed by atoms with van der Waals surface area (Å²) >= 11 is 0. The Hall–Kier alpha value is -1.87. The summed E-state index contributed by atoms with van der Waals surface area (Å²) < 4.78 is 18.5. The van der Waals surface area contributed by atoms with E-state index in [0.717, 1.165) is 16.9 Å². The molecule has 0 amide bonds. The fraction of sp³-hybridized carbons (Fsp3) is 0.350. The lowest BCUT2D eigenvalue weighted by Crippen LogP contribution is -2.39. The Morgan fingerprint density at radius 1 is 1.19 bits per heavy atom. The van der Waals surface area contributed by atoms with Crippen LogP contribution in [-0.2, 0) is 6.54 Å². The number of benzene rings is 2. The van der Waals surface area contributed by atoms with Gasteiger partial charge >= 0.3 is 0 Å². The molecule has 0 aliphatic heterocycles. The number of ether oxygens (including phenoxy) is 1. The van der Waals surface area contributed by atoms with Crippen molar-refractivity contribution < 1.29 is 14.2 Å². The van der Waals surface area contributed by atoms with Gasteiger partial charge in [0, 0.05) is 13.1 Å². The number of hydrogen-bond donors (Lipinski definition) is 3. The number of rotatable bonds is 7. The molecule has 3 N–H and O–H groups in total. The van der Waals surface area contributed by atoms with Crippen molar-refractivity contribution in [1.29, 1.82) is 0 Å². The quantitative estimate of drug-likeness (QED) is 0.318. The maximum atomic E-state index is 13.3. The van der Waals surface area contributed by atoms with Gasteiger partial charge in [-0.15, -0.1) is 24.0 Å². The number of aliphatic hydroxyl groups is 1. The van der Waals surface area contributed by atoms with Crippen LogP contribution in [0.1, 0.15) is 29.7 Å². The van der Waals surface area contributed by atoms with Gasteiger partial charge in [-0.3, -0.25) is 0 Å². The molecule has 0 fully saturated rings. The Bertz CT molecular complexity index is 739. The summed E-state index contributed by atoms with van der Waals surface area (Å²) in [5, 5.41) is 16.6. The Labute approximate surface area is 177 Å². The van der Waals surface area contributed by atoms with Gasteiger partial charge in [0.25, 0.3) is 0 Å². The van der Waals surface area contributed by atoms with E-state index in [0.29, 0.717) is 31.2 Å². The molecular weight excluding hydrogens is 460 g/mol. The van der Waals surface area contributed by atoms with Crippen molar-refractivity contribution in [2.75, 3.05) is 20.2 Å². The minimum atomic E-state index is -0.669. The predicted molar refractivity (Wildman–Crippen MR) is 117 cm³/mol. The van der Waals surface area contributed by atoms with E-state index in [2.05, 4.69) is 15.6 Å². The molecule has 0 bridgehead atoms. The van der Waals surface area contributed by atoms with Crippen LogP contribution in [0.5, 0.6) is 5.75 Å². The minimum Gasteiger partial charge on any atom is -0.497 e. The number of hydrogen-bond acceptors (Lipinski definition) is 3. The second-order valence-corrected chi connectivity index (χ2v) is 5.95. The minimum absolute atomic E-state index is 0. The van der Waals surface area contributed by atoms with Crippen LogP contribution >= 0.6 is 24.0 Å². The van der Waals surface area contributed by atoms with Gasteiger partial charge in [-0.05, 0) is 48.7 Å². The molecule has 0 aromatic heterocycles. The highest BCUT2D eigenvalue weighted by atomic mass is 127. The van der Waals surface area contributed by atoms with Crippen LogP contribution in [0, 0.1) is 12.7 Å². The third-order valence-corrected chi connectivity index (χ3v) is 3.95. The summed E-state index contributed by atoms with van der Waals surface area (Å²) in [6, 6.07) is 12.3. The summed E-state index contributed by atoms with van der Waals surface area (Å²) in [4.78, 5) is 4.49. The molecule has 5 nitrogen and oxygen atoms in total. The van der Waals surface area contributed by atoms with Crippen molar-refractivity contribution >= 4 is 29.9 Å². The van der Waals surface area contributed by atoms with Crippen LogP contribution in [0.25, 0.3) is 0 Å². The maximum Gasteiger partial charge on any atom is 0.191 e. The number of methoxy groups -OCH3 is 1. The molecule has 148 valence electrons. The number of nitrogens with one attached hydrogen (secondary N) is 2. The number of aliphatic imine (C=N–C) groups is 1. The monoisotopic (exact) mass is 487 g/mol. The summed E-state index contributed by atoms with van der Waals surface area (Å²) in [7, 11) is 1.61. The first kappa shape index (κ1) is 23.2. The Balaban J connectivity index is 0.00000364. The Morgan fingerprint density at radius 2 is 1.89 bits per heavy atom. The largest absolute Gasteiger partial charge is 0.497 e. The lowest BCUT2D eigenvalue weighted by atomic mass is 10.1. The Kier molecular flexibility index (Phi) is 10.1. The smallest absolute Gasteiger partial charge is 0.191 e. The first-order valence-corrected chi connectivity index (χ1v) is 8.62. The van der Waals surface area contributed by atoms with Gasteiger partial charge in [-0.2, -0.15) is 0 Å². The van der Waals surface area contributed by atoms with Gasteiger partial charge in [0.1, 0.15) is 11.6 Å². The lowest BCUT2D eigenvalue weighted by molar-refractivity contribution is 0.180. The SMILES string of the molecule is CCNC(=NCc1ccc(F)c(C)c1)NCC(O)c1ccc(OC)cc1.I. The topological polar surface area (TPSA) is 65.9 Å². The third-order valence-electron chi connectivity index (χ3n) is 3.95. The summed E-state index contributed by atoms with van der Waals surface area (Å²) in [5.74, 6) is 1.13. The highest BCUT2D eigenvalue weighted by Gasteiger charge is 2.09. The molecule has 1 unspecified atom stereocenters. The van der Waals surface area contributed by atoms with Crippen molar-refractivity contribution in [2.45, 2.75) is 26.5 Å². The van der Waals surface area contributed by atoms with E-state index in [9.17, 15) is 9.50 Å². The van der Waals surface area contributed by atoms with E-state index >= 15 is 0 Å². The molecule has 0 radical (unpaired) electrons. The number of nitrogens with zero attached hydrogens (tertiary/aromatic N) is 1. The molecule has 0 saturated heterocycles. The molecule has 1 atom stereocenters. The maximum absolute atomic E-state index is 13.3. The van der Waals surface area contributed by atoms with Crippen molar-refractivity contribution in [1.82, 2.24) is 10.6 Å². The summed E-state index contributed by atoms with van der Waals surface area (Å²) in [5.41, 5.74) is 2.32. The van der Waals surface area contributed by atoms with Crippen molar-refractivity contribution in [3.63, 3.8) is 0 Å². The average molecular weight is 487 g/mol. The normalized spacial score (nSPS) is 12.1. The highest BCUT2D eigenvalue weighted by molar-refractivity contribution is 14.0. The standard InChI is InChI=1S/C20H26FN3O2.HI/c1-4-22-20(23-12-15-5-10-18(21)14(2)11-15)24-13-19(25)16-6-8-17(26-3)9-7-16;/h5-11,19,25H,4,12-13H2,1-3H3,(H2,22,23,24);1H. The molecule has 27 heavy (non-hydrogen) atoms. The molecule has 2 aromatic carbocycles. The van der Waals surface area contributed by atoms with Crippen molar-refractivity contribution in [3.8, 4) is 5.75 Å². The van der Waals surface area contributed by atoms with Crippen molar-refractivity contribution in [3.05, 3.63) is 65.0 Å². The number of aliphatic hydroxyl groups excluding tert-OH is 1. The van der Waals surface area contributed by atoms with Crippen LogP contribution in [0.4, 0.5) is 4.39 Å². The lowest BCUT2D eigenvalue weighted by Gasteiger charge is -2.16. The molecular formula is C20H27FIN3O2. The summed E-state index contributed by atoms with van der Waals surface area (Å²) in [6.45, 7) is 5.15. The van der Waals surface area contributed by atoms with Crippen molar-refractivity contribution in [2.24, 2.45) is 4.99 Å². The van der Waals surface area contributed by atoms with Crippen LogP contribution < -0.4 is 15.4 Å². The molecule has 2 aromatic rings. The van der Waals surface area contributed by atoms with Gasteiger partial charge in [0.15, 0.2) is 5.96 Å². The second-order valence-electron chi connectivity index (χ2n) is 5.95. The van der Waals surface area contributed by atoms with E-state index in [4.69, 9.17) is 4.74 Å². The van der Waals surface area contributed by atoms with E-state index < -0.39 is 6.10 Å². The van der Waals surface area contributed by atoms with E-state index in [-0.39, 0.29) is 29.8 Å². The van der Waals surface area contributed by atoms with Gasteiger partial charge in [0.05, 0.1) is 19.8 Å². The van der Waals surface area contributed by atoms with E-state index in [1.165, 1.54) is 6.07 Å². The second kappa shape index (κ2) is 11.8. The molecule has 0 saturated carbocycles. The molecule has 0 heterocycles. The summed E-state index contributed by atoms with van der Waals surface area (Å²) in [6.07, 6.45) is -0.669. The van der Waals surface area contributed by atoms with Crippen LogP contribution in [0.15, 0.2) is 47.5 Å². The van der Waals surface area contributed by atoms with Gasteiger partial charge in [-0.1, -0.05) is 24.3 Å².